The van der Waals surface area contributed by atoms with E-state index in [2.05, 4.69) is 29.0 Å². The Morgan fingerprint density at radius 1 is 1.26 bits per heavy atom. The predicted molar refractivity (Wildman–Crippen MR) is 96.4 cm³/mol. The standard InChI is InChI=1S/C19H19FN2S/c1-13(19-15(20)8-5-12-22-19)18-14-7-3-4-9-16(14)23-17(18)10-6-11-21-2/h3-5,7-9,12,21H,1,6,10-11H2,2H3. The lowest BCUT2D eigenvalue weighted by Gasteiger charge is -2.09. The molecular weight excluding hydrogens is 307 g/mol. The number of hydrogen-bond acceptors (Lipinski definition) is 3. The molecule has 0 unspecified atom stereocenters. The van der Waals surface area contributed by atoms with Crippen molar-refractivity contribution < 1.29 is 4.39 Å². The van der Waals surface area contributed by atoms with Crippen LogP contribution in [0.3, 0.4) is 0 Å². The molecule has 3 rings (SSSR count). The zero-order valence-electron chi connectivity index (χ0n) is 13.1. The first-order valence-electron chi connectivity index (χ1n) is 7.67. The molecule has 2 heterocycles. The van der Waals surface area contributed by atoms with Crippen molar-refractivity contribution in [1.29, 1.82) is 0 Å². The predicted octanol–water partition coefficient (Wildman–Crippen LogP) is 4.65. The number of hydrogen-bond donors (Lipinski definition) is 1. The highest BCUT2D eigenvalue weighted by molar-refractivity contribution is 7.19. The number of thiophene rings is 1. The van der Waals surface area contributed by atoms with E-state index < -0.39 is 0 Å². The summed E-state index contributed by atoms with van der Waals surface area (Å²) in [6.07, 6.45) is 3.59. The van der Waals surface area contributed by atoms with E-state index in [0.29, 0.717) is 11.3 Å². The van der Waals surface area contributed by atoms with Crippen LogP contribution in [0.2, 0.25) is 0 Å². The van der Waals surface area contributed by atoms with Crippen molar-refractivity contribution in [1.82, 2.24) is 10.3 Å². The first-order valence-corrected chi connectivity index (χ1v) is 8.49. The molecule has 0 radical (unpaired) electrons. The highest BCUT2D eigenvalue weighted by Crippen LogP contribution is 2.38. The highest BCUT2D eigenvalue weighted by atomic mass is 32.1. The summed E-state index contributed by atoms with van der Waals surface area (Å²) in [5.41, 5.74) is 2.05. The van der Waals surface area contributed by atoms with Crippen LogP contribution in [0, 0.1) is 5.82 Å². The molecule has 0 saturated carbocycles. The summed E-state index contributed by atoms with van der Waals surface area (Å²) in [5, 5.41) is 4.30. The molecular formula is C19H19FN2S. The van der Waals surface area contributed by atoms with Crippen LogP contribution in [0.15, 0.2) is 49.2 Å². The minimum Gasteiger partial charge on any atom is -0.320 e. The molecule has 23 heavy (non-hydrogen) atoms. The minimum atomic E-state index is -0.325. The van der Waals surface area contributed by atoms with E-state index in [1.54, 1.807) is 23.6 Å². The third kappa shape index (κ3) is 3.19. The average molecular weight is 326 g/mol. The Morgan fingerprint density at radius 3 is 2.87 bits per heavy atom. The Bertz CT molecular complexity index is 838. The van der Waals surface area contributed by atoms with Crippen LogP contribution in [0.4, 0.5) is 4.39 Å². The molecule has 118 valence electrons. The summed E-state index contributed by atoms with van der Waals surface area (Å²) in [6.45, 7) is 5.11. The molecule has 0 aliphatic carbocycles. The van der Waals surface area contributed by atoms with Crippen molar-refractivity contribution in [3.8, 4) is 0 Å². The number of nitrogens with zero attached hydrogens (tertiary/aromatic N) is 1. The molecule has 0 amide bonds. The quantitative estimate of drug-likeness (QED) is 0.667. The molecule has 0 spiro atoms. The van der Waals surface area contributed by atoms with Gasteiger partial charge < -0.3 is 5.32 Å². The van der Waals surface area contributed by atoms with E-state index in [0.717, 1.165) is 30.3 Å². The van der Waals surface area contributed by atoms with Gasteiger partial charge in [0.25, 0.3) is 0 Å². The summed E-state index contributed by atoms with van der Waals surface area (Å²) in [7, 11) is 1.95. The van der Waals surface area contributed by atoms with E-state index in [1.807, 2.05) is 19.2 Å². The fourth-order valence-corrected chi connectivity index (χ4v) is 4.03. The zero-order chi connectivity index (χ0) is 16.2. The summed E-state index contributed by atoms with van der Waals surface area (Å²) < 4.78 is 15.3. The lowest BCUT2D eigenvalue weighted by Crippen LogP contribution is -2.08. The van der Waals surface area contributed by atoms with E-state index >= 15 is 0 Å². The highest BCUT2D eigenvalue weighted by Gasteiger charge is 2.18. The Kier molecular flexibility index (Phi) is 4.84. The van der Waals surface area contributed by atoms with Crippen molar-refractivity contribution in [3.63, 3.8) is 0 Å². The van der Waals surface area contributed by atoms with Crippen molar-refractivity contribution in [2.24, 2.45) is 0 Å². The van der Waals surface area contributed by atoms with Gasteiger partial charge in [-0.15, -0.1) is 11.3 Å². The Labute approximate surface area is 139 Å². The molecule has 0 atom stereocenters. The molecule has 4 heteroatoms. The summed E-state index contributed by atoms with van der Waals surface area (Å²) >= 11 is 1.76. The van der Waals surface area contributed by atoms with E-state index in [-0.39, 0.29) is 5.82 Å². The molecule has 0 bridgehead atoms. The first kappa shape index (κ1) is 15.8. The molecule has 1 N–H and O–H groups in total. The Hall–Kier alpha value is -2.04. The molecule has 0 fully saturated rings. The lowest BCUT2D eigenvalue weighted by molar-refractivity contribution is 0.617. The zero-order valence-corrected chi connectivity index (χ0v) is 13.9. The molecule has 0 saturated heterocycles. The number of aryl methyl sites for hydroxylation is 1. The van der Waals surface area contributed by atoms with Gasteiger partial charge in [-0.1, -0.05) is 24.8 Å². The number of aromatic nitrogens is 1. The van der Waals surface area contributed by atoms with Crippen molar-refractivity contribution in [3.05, 3.63) is 71.1 Å². The summed E-state index contributed by atoms with van der Waals surface area (Å²) in [5.74, 6) is -0.325. The van der Waals surface area contributed by atoms with E-state index in [4.69, 9.17) is 0 Å². The van der Waals surface area contributed by atoms with Crippen molar-refractivity contribution in [2.45, 2.75) is 12.8 Å². The first-order chi connectivity index (χ1) is 11.2. The number of pyridine rings is 1. The van der Waals surface area contributed by atoms with Crippen LogP contribution >= 0.6 is 11.3 Å². The molecule has 2 aromatic heterocycles. The normalized spacial score (nSPS) is 11.0. The van der Waals surface area contributed by atoms with Gasteiger partial charge in [0.1, 0.15) is 11.5 Å². The van der Waals surface area contributed by atoms with Gasteiger partial charge in [0.15, 0.2) is 0 Å². The van der Waals surface area contributed by atoms with Crippen LogP contribution < -0.4 is 5.32 Å². The second-order valence-electron chi connectivity index (χ2n) is 5.42. The number of rotatable bonds is 6. The average Bonchev–Trinajstić information content (AvgIpc) is 2.93. The van der Waals surface area contributed by atoms with Crippen molar-refractivity contribution >= 4 is 27.0 Å². The minimum absolute atomic E-state index is 0.325. The second kappa shape index (κ2) is 7.02. The van der Waals surface area contributed by atoms with Crippen LogP contribution in [0.1, 0.15) is 22.6 Å². The van der Waals surface area contributed by atoms with Crippen LogP contribution in [-0.4, -0.2) is 18.6 Å². The SMILES string of the molecule is C=C(c1ncccc1F)c1c(CCCNC)sc2ccccc12. The monoisotopic (exact) mass is 326 g/mol. The summed E-state index contributed by atoms with van der Waals surface area (Å²) in [6, 6.07) is 11.3. The number of halogens is 1. The van der Waals surface area contributed by atoms with Gasteiger partial charge in [0.05, 0.1) is 0 Å². The van der Waals surface area contributed by atoms with Crippen LogP contribution in [0.25, 0.3) is 15.7 Å². The number of fused-ring (bicyclic) bond motifs is 1. The van der Waals surface area contributed by atoms with Gasteiger partial charge in [-0.2, -0.15) is 0 Å². The second-order valence-corrected chi connectivity index (χ2v) is 6.55. The fraction of sp³-hybridized carbons (Fsp3) is 0.211. The molecule has 0 aliphatic heterocycles. The van der Waals surface area contributed by atoms with Gasteiger partial charge in [0, 0.05) is 32.3 Å². The van der Waals surface area contributed by atoms with Gasteiger partial charge in [-0.05, 0) is 44.6 Å². The van der Waals surface area contributed by atoms with E-state index in [9.17, 15) is 4.39 Å². The largest absolute Gasteiger partial charge is 0.320 e. The van der Waals surface area contributed by atoms with Gasteiger partial charge in [-0.25, -0.2) is 4.39 Å². The maximum atomic E-state index is 14.1. The Balaban J connectivity index is 2.08. The maximum absolute atomic E-state index is 14.1. The van der Waals surface area contributed by atoms with Gasteiger partial charge >= 0.3 is 0 Å². The van der Waals surface area contributed by atoms with Gasteiger partial charge in [0.2, 0.25) is 0 Å². The topological polar surface area (TPSA) is 24.9 Å². The molecule has 3 aromatic rings. The van der Waals surface area contributed by atoms with Crippen molar-refractivity contribution in [2.75, 3.05) is 13.6 Å². The van der Waals surface area contributed by atoms with Gasteiger partial charge in [-0.3, -0.25) is 4.98 Å². The number of nitrogens with one attached hydrogen (secondary N) is 1. The van der Waals surface area contributed by atoms with Crippen LogP contribution in [-0.2, 0) is 6.42 Å². The molecule has 1 aromatic carbocycles. The third-order valence-electron chi connectivity index (χ3n) is 3.85. The molecule has 2 nitrogen and oxygen atoms in total. The fourth-order valence-electron chi connectivity index (χ4n) is 2.75. The van der Waals surface area contributed by atoms with Crippen LogP contribution in [0.5, 0.6) is 0 Å². The lowest BCUT2D eigenvalue weighted by atomic mass is 9.98. The maximum Gasteiger partial charge on any atom is 0.149 e. The smallest absolute Gasteiger partial charge is 0.149 e. The number of benzene rings is 1. The van der Waals surface area contributed by atoms with E-state index in [1.165, 1.54) is 15.6 Å². The summed E-state index contributed by atoms with van der Waals surface area (Å²) in [4.78, 5) is 5.44. The molecule has 0 aliphatic rings. The Morgan fingerprint density at radius 2 is 2.09 bits per heavy atom. The third-order valence-corrected chi connectivity index (χ3v) is 5.08.